The van der Waals surface area contributed by atoms with E-state index in [1.165, 1.54) is 11.1 Å². The molecule has 0 saturated heterocycles. The first-order chi connectivity index (χ1) is 14.6. The van der Waals surface area contributed by atoms with Crippen LogP contribution >= 0.6 is 0 Å². The molecule has 4 heteroatoms. The molecule has 0 saturated carbocycles. The maximum Gasteiger partial charge on any atom is 0.200 e. The normalized spacial score (nSPS) is 13.8. The molecule has 0 unspecified atom stereocenters. The zero-order valence-electron chi connectivity index (χ0n) is 17.1. The molecule has 5 rings (SSSR count). The smallest absolute Gasteiger partial charge is 0.200 e. The maximum absolute atomic E-state index is 13.3. The van der Waals surface area contributed by atoms with Crippen molar-refractivity contribution in [2.75, 3.05) is 6.73 Å². The van der Waals surface area contributed by atoms with E-state index in [0.29, 0.717) is 35.6 Å². The van der Waals surface area contributed by atoms with Gasteiger partial charge in [0.05, 0.1) is 16.5 Å². The first kappa shape index (κ1) is 18.6. The molecule has 0 bridgehead atoms. The Morgan fingerprint density at radius 1 is 0.933 bits per heavy atom. The quantitative estimate of drug-likeness (QED) is 0.462. The van der Waals surface area contributed by atoms with Crippen molar-refractivity contribution in [1.82, 2.24) is 4.90 Å². The van der Waals surface area contributed by atoms with E-state index in [0.717, 1.165) is 23.4 Å². The lowest BCUT2D eigenvalue weighted by atomic mass is 10.0. The Morgan fingerprint density at radius 2 is 1.70 bits per heavy atom. The lowest BCUT2D eigenvalue weighted by Crippen LogP contribution is -2.31. The van der Waals surface area contributed by atoms with Crippen LogP contribution in [0.2, 0.25) is 0 Å². The highest BCUT2D eigenvalue weighted by molar-refractivity contribution is 5.86. The average molecular weight is 397 g/mol. The zero-order chi connectivity index (χ0) is 20.7. The van der Waals surface area contributed by atoms with Gasteiger partial charge in [-0.3, -0.25) is 9.69 Å². The second-order valence-corrected chi connectivity index (χ2v) is 7.89. The second kappa shape index (κ2) is 7.47. The van der Waals surface area contributed by atoms with E-state index >= 15 is 0 Å². The Bertz CT molecular complexity index is 1270. The Morgan fingerprint density at radius 3 is 2.47 bits per heavy atom. The molecule has 0 fully saturated rings. The van der Waals surface area contributed by atoms with Crippen molar-refractivity contribution in [3.05, 3.63) is 99.4 Å². The van der Waals surface area contributed by atoms with Gasteiger partial charge in [-0.05, 0) is 37.1 Å². The molecule has 0 aliphatic carbocycles. The standard InChI is InChI=1S/C26H23NO3/c1-17-8-10-19(11-9-17)14-27-15-22-23(29-16-27)13-12-21-25(28)24(18(2)30-26(21)22)20-6-4-3-5-7-20/h3-13H,14-16H2,1-2H3. The highest BCUT2D eigenvalue weighted by atomic mass is 16.5. The minimum atomic E-state index is -0.00147. The summed E-state index contributed by atoms with van der Waals surface area (Å²) in [6.07, 6.45) is 0. The fraction of sp³-hybridized carbons (Fsp3) is 0.192. The van der Waals surface area contributed by atoms with Crippen LogP contribution in [0.4, 0.5) is 0 Å². The summed E-state index contributed by atoms with van der Waals surface area (Å²) in [7, 11) is 0. The third kappa shape index (κ3) is 3.29. The third-order valence-electron chi connectivity index (χ3n) is 5.67. The van der Waals surface area contributed by atoms with Gasteiger partial charge in [-0.2, -0.15) is 0 Å². The summed E-state index contributed by atoms with van der Waals surface area (Å²) >= 11 is 0. The van der Waals surface area contributed by atoms with Crippen molar-refractivity contribution < 1.29 is 9.15 Å². The van der Waals surface area contributed by atoms with Crippen molar-refractivity contribution in [1.29, 1.82) is 0 Å². The van der Waals surface area contributed by atoms with Crippen molar-refractivity contribution in [2.24, 2.45) is 0 Å². The van der Waals surface area contributed by atoms with Crippen molar-refractivity contribution >= 4 is 11.0 Å². The summed E-state index contributed by atoms with van der Waals surface area (Å²) in [4.78, 5) is 15.5. The van der Waals surface area contributed by atoms with Crippen LogP contribution in [-0.2, 0) is 13.1 Å². The van der Waals surface area contributed by atoms with Gasteiger partial charge >= 0.3 is 0 Å². The van der Waals surface area contributed by atoms with Gasteiger partial charge in [0.25, 0.3) is 0 Å². The highest BCUT2D eigenvalue weighted by Gasteiger charge is 2.24. The van der Waals surface area contributed by atoms with Gasteiger partial charge < -0.3 is 9.15 Å². The van der Waals surface area contributed by atoms with Gasteiger partial charge in [-0.1, -0.05) is 60.2 Å². The lowest BCUT2D eigenvalue weighted by molar-refractivity contribution is 0.0890. The van der Waals surface area contributed by atoms with Crippen molar-refractivity contribution in [3.63, 3.8) is 0 Å². The molecule has 0 radical (unpaired) electrons. The summed E-state index contributed by atoms with van der Waals surface area (Å²) in [5, 5.41) is 0.596. The number of hydrogen-bond acceptors (Lipinski definition) is 4. The first-order valence-electron chi connectivity index (χ1n) is 10.2. The Labute approximate surface area is 175 Å². The van der Waals surface area contributed by atoms with Crippen LogP contribution in [0.25, 0.3) is 22.1 Å². The van der Waals surface area contributed by atoms with E-state index in [-0.39, 0.29) is 5.43 Å². The van der Waals surface area contributed by atoms with Crippen LogP contribution in [0.1, 0.15) is 22.5 Å². The van der Waals surface area contributed by atoms with Crippen LogP contribution < -0.4 is 10.2 Å². The van der Waals surface area contributed by atoms with Crippen LogP contribution in [-0.4, -0.2) is 11.6 Å². The van der Waals surface area contributed by atoms with Crippen molar-refractivity contribution in [3.8, 4) is 16.9 Å². The Balaban J connectivity index is 1.55. The molecule has 0 atom stereocenters. The van der Waals surface area contributed by atoms with Gasteiger partial charge in [-0.15, -0.1) is 0 Å². The molecule has 150 valence electrons. The molecule has 30 heavy (non-hydrogen) atoms. The highest BCUT2D eigenvalue weighted by Crippen LogP contribution is 2.34. The number of hydrogen-bond donors (Lipinski definition) is 0. The lowest BCUT2D eigenvalue weighted by Gasteiger charge is -2.29. The van der Waals surface area contributed by atoms with Gasteiger partial charge in [-0.25, -0.2) is 0 Å². The number of benzene rings is 3. The fourth-order valence-electron chi connectivity index (χ4n) is 4.11. The molecular weight excluding hydrogens is 374 g/mol. The van der Waals surface area contributed by atoms with Gasteiger partial charge in [0.2, 0.25) is 5.43 Å². The number of nitrogens with zero attached hydrogens (tertiary/aromatic N) is 1. The Hall–Kier alpha value is -3.37. The molecular formula is C26H23NO3. The molecule has 2 heterocycles. The van der Waals surface area contributed by atoms with Gasteiger partial charge in [0.1, 0.15) is 23.8 Å². The summed E-state index contributed by atoms with van der Waals surface area (Å²) in [6, 6.07) is 21.9. The molecule has 4 aromatic rings. The summed E-state index contributed by atoms with van der Waals surface area (Å²) in [5.41, 5.74) is 5.54. The van der Waals surface area contributed by atoms with E-state index in [1.54, 1.807) is 0 Å². The first-order valence-corrected chi connectivity index (χ1v) is 10.2. The Kier molecular flexibility index (Phi) is 4.64. The molecule has 4 nitrogen and oxygen atoms in total. The number of ether oxygens (including phenoxy) is 1. The van der Waals surface area contributed by atoms with E-state index in [4.69, 9.17) is 9.15 Å². The SMILES string of the molecule is Cc1ccc(CN2COc3ccc4c(=O)c(-c5ccccc5)c(C)oc4c3C2)cc1. The van der Waals surface area contributed by atoms with Crippen LogP contribution in [0.5, 0.6) is 5.75 Å². The largest absolute Gasteiger partial charge is 0.478 e. The minimum absolute atomic E-state index is 0.00147. The van der Waals surface area contributed by atoms with Crippen molar-refractivity contribution in [2.45, 2.75) is 26.9 Å². The number of fused-ring (bicyclic) bond motifs is 3. The van der Waals surface area contributed by atoms with Crippen LogP contribution in [0.15, 0.2) is 75.9 Å². The van der Waals surface area contributed by atoms with Crippen LogP contribution in [0, 0.1) is 13.8 Å². The van der Waals surface area contributed by atoms with E-state index in [2.05, 4.69) is 36.1 Å². The van der Waals surface area contributed by atoms with Gasteiger partial charge in [0.15, 0.2) is 0 Å². The molecule has 1 aromatic heterocycles. The fourth-order valence-corrected chi connectivity index (χ4v) is 4.11. The van der Waals surface area contributed by atoms with E-state index < -0.39 is 0 Å². The zero-order valence-corrected chi connectivity index (χ0v) is 17.1. The maximum atomic E-state index is 13.3. The predicted molar refractivity (Wildman–Crippen MR) is 119 cm³/mol. The minimum Gasteiger partial charge on any atom is -0.478 e. The molecule has 0 N–H and O–H groups in total. The predicted octanol–water partition coefficient (Wildman–Crippen LogP) is 5.43. The van der Waals surface area contributed by atoms with E-state index in [9.17, 15) is 4.79 Å². The monoisotopic (exact) mass is 397 g/mol. The number of rotatable bonds is 3. The molecule has 3 aromatic carbocycles. The summed E-state index contributed by atoms with van der Waals surface area (Å²) < 4.78 is 12.2. The molecule has 1 aliphatic heterocycles. The van der Waals surface area contributed by atoms with E-state index in [1.807, 2.05) is 49.4 Å². The molecule has 0 amide bonds. The topological polar surface area (TPSA) is 42.7 Å². The molecule has 1 aliphatic rings. The molecule has 0 spiro atoms. The van der Waals surface area contributed by atoms with Crippen LogP contribution in [0.3, 0.4) is 0 Å². The van der Waals surface area contributed by atoms with Gasteiger partial charge in [0, 0.05) is 13.1 Å². The second-order valence-electron chi connectivity index (χ2n) is 7.89. The summed E-state index contributed by atoms with van der Waals surface area (Å²) in [6.45, 7) is 5.91. The average Bonchev–Trinajstić information content (AvgIpc) is 2.76. The summed E-state index contributed by atoms with van der Waals surface area (Å²) in [5.74, 6) is 1.42. The third-order valence-corrected chi connectivity index (χ3v) is 5.67. The number of aryl methyl sites for hydroxylation is 2.